The molecule has 9 heteroatoms. The van der Waals surface area contributed by atoms with E-state index in [1.807, 2.05) is 6.92 Å². The lowest BCUT2D eigenvalue weighted by molar-refractivity contribution is -0.125. The van der Waals surface area contributed by atoms with E-state index in [2.05, 4.69) is 5.32 Å². The summed E-state index contributed by atoms with van der Waals surface area (Å²) in [6.45, 7) is 2.85. The van der Waals surface area contributed by atoms with Crippen LogP contribution >= 0.6 is 23.7 Å². The lowest BCUT2D eigenvalue weighted by Gasteiger charge is -2.26. The Hall–Kier alpha value is -0.670. The Labute approximate surface area is 159 Å². The quantitative estimate of drug-likeness (QED) is 0.779. The molecule has 2 fully saturated rings. The van der Waals surface area contributed by atoms with Gasteiger partial charge in [-0.05, 0) is 57.2 Å². The van der Waals surface area contributed by atoms with Gasteiger partial charge >= 0.3 is 0 Å². The first-order valence-corrected chi connectivity index (χ1v) is 10.8. The maximum atomic E-state index is 12.9. The summed E-state index contributed by atoms with van der Waals surface area (Å²) in [7, 11) is -3.60. The second-order valence-corrected chi connectivity index (χ2v) is 10.1. The van der Waals surface area contributed by atoms with Crippen molar-refractivity contribution >= 4 is 39.7 Å². The molecule has 0 radical (unpaired) electrons. The Kier molecular flexibility index (Phi) is 6.89. The highest BCUT2D eigenvalue weighted by Crippen LogP contribution is 2.31. The van der Waals surface area contributed by atoms with E-state index in [0.717, 1.165) is 24.1 Å². The highest BCUT2D eigenvalue weighted by atomic mass is 35.5. The average Bonchev–Trinajstić information content (AvgIpc) is 3.26. The summed E-state index contributed by atoms with van der Waals surface area (Å²) in [5.41, 5.74) is 5.77. The first-order valence-electron chi connectivity index (χ1n) is 8.52. The zero-order valence-corrected chi connectivity index (χ0v) is 16.8. The van der Waals surface area contributed by atoms with Crippen molar-refractivity contribution < 1.29 is 13.2 Å². The Morgan fingerprint density at radius 2 is 2.08 bits per heavy atom. The van der Waals surface area contributed by atoms with Crippen LogP contribution in [-0.4, -0.2) is 43.8 Å². The number of halogens is 1. The number of carbonyl (C=O) groups is 1. The van der Waals surface area contributed by atoms with Gasteiger partial charge in [-0.3, -0.25) is 4.79 Å². The number of hydrogen-bond donors (Lipinski definition) is 2. The summed E-state index contributed by atoms with van der Waals surface area (Å²) in [6.07, 6.45) is 4.32. The summed E-state index contributed by atoms with van der Waals surface area (Å²) >= 11 is 1.25. The van der Waals surface area contributed by atoms with E-state index in [0.29, 0.717) is 36.1 Å². The zero-order chi connectivity index (χ0) is 17.3. The standard InChI is InChI=1S/C16H25N3O3S2.ClH/c1-11-7-8-15(23-11)24(21,22)19-9-3-6-14(19)16(20)18-13-5-2-4-12(13)10-17;/h7-8,12-14H,2-6,9-10,17H2,1H3,(H,18,20);1H. The third-order valence-corrected chi connectivity index (χ3v) is 8.45. The number of aryl methyl sites for hydroxylation is 1. The highest BCUT2D eigenvalue weighted by molar-refractivity contribution is 7.91. The molecular weight excluding hydrogens is 382 g/mol. The third-order valence-electron chi connectivity index (χ3n) is 5.07. The molecule has 142 valence electrons. The van der Waals surface area contributed by atoms with Crippen LogP contribution in [0.1, 0.15) is 37.0 Å². The number of sulfonamides is 1. The monoisotopic (exact) mass is 407 g/mol. The minimum atomic E-state index is -3.60. The van der Waals surface area contributed by atoms with E-state index < -0.39 is 16.1 Å². The smallest absolute Gasteiger partial charge is 0.253 e. The third kappa shape index (κ3) is 4.19. The molecule has 3 N–H and O–H groups in total. The maximum absolute atomic E-state index is 12.9. The van der Waals surface area contributed by atoms with Crippen molar-refractivity contribution in [2.24, 2.45) is 11.7 Å². The van der Waals surface area contributed by atoms with E-state index >= 15 is 0 Å². The van der Waals surface area contributed by atoms with Gasteiger partial charge in [-0.1, -0.05) is 6.42 Å². The number of hydrogen-bond acceptors (Lipinski definition) is 5. The van der Waals surface area contributed by atoms with Crippen molar-refractivity contribution in [2.75, 3.05) is 13.1 Å². The number of carbonyl (C=O) groups excluding carboxylic acids is 1. The maximum Gasteiger partial charge on any atom is 0.253 e. The number of amides is 1. The molecule has 0 spiro atoms. The van der Waals surface area contributed by atoms with Gasteiger partial charge in [-0.25, -0.2) is 8.42 Å². The largest absolute Gasteiger partial charge is 0.352 e. The molecule has 1 amide bonds. The van der Waals surface area contributed by atoms with Gasteiger partial charge in [-0.2, -0.15) is 4.31 Å². The van der Waals surface area contributed by atoms with Crippen molar-refractivity contribution in [1.29, 1.82) is 0 Å². The van der Waals surface area contributed by atoms with E-state index in [-0.39, 0.29) is 24.4 Å². The van der Waals surface area contributed by atoms with Gasteiger partial charge < -0.3 is 11.1 Å². The number of nitrogens with zero attached hydrogens (tertiary/aromatic N) is 1. The summed E-state index contributed by atoms with van der Waals surface area (Å²) in [5.74, 6) is 0.134. The Bertz CT molecular complexity index is 707. The Morgan fingerprint density at radius 3 is 2.72 bits per heavy atom. The SMILES string of the molecule is Cc1ccc(S(=O)(=O)N2CCCC2C(=O)NC2CCCC2CN)s1.Cl. The highest BCUT2D eigenvalue weighted by Gasteiger charge is 2.41. The molecule has 1 saturated heterocycles. The van der Waals surface area contributed by atoms with Crippen LogP contribution in [-0.2, 0) is 14.8 Å². The predicted octanol–water partition coefficient (Wildman–Crippen LogP) is 1.88. The lowest BCUT2D eigenvalue weighted by atomic mass is 10.0. The van der Waals surface area contributed by atoms with E-state index in [4.69, 9.17) is 5.73 Å². The second kappa shape index (κ2) is 8.35. The van der Waals surface area contributed by atoms with Crippen LogP contribution in [0.15, 0.2) is 16.3 Å². The number of nitrogens with one attached hydrogen (secondary N) is 1. The van der Waals surface area contributed by atoms with Crippen molar-refractivity contribution in [2.45, 2.75) is 55.3 Å². The molecule has 1 aromatic rings. The van der Waals surface area contributed by atoms with Crippen LogP contribution < -0.4 is 11.1 Å². The second-order valence-electron chi connectivity index (χ2n) is 6.68. The molecule has 3 unspecified atom stereocenters. The van der Waals surface area contributed by atoms with Gasteiger partial charge in [0.1, 0.15) is 10.3 Å². The van der Waals surface area contributed by atoms with Crippen LogP contribution in [0.4, 0.5) is 0 Å². The van der Waals surface area contributed by atoms with Gasteiger partial charge in [0.15, 0.2) is 0 Å². The normalized spacial score (nSPS) is 27.2. The molecule has 2 aliphatic rings. The van der Waals surface area contributed by atoms with Crippen molar-refractivity contribution in [3.8, 4) is 0 Å². The molecule has 1 aliphatic carbocycles. The van der Waals surface area contributed by atoms with E-state index in [1.165, 1.54) is 15.6 Å². The Morgan fingerprint density at radius 1 is 1.32 bits per heavy atom. The summed E-state index contributed by atoms with van der Waals surface area (Å²) in [4.78, 5) is 13.7. The van der Waals surface area contributed by atoms with E-state index in [1.54, 1.807) is 12.1 Å². The topological polar surface area (TPSA) is 92.5 Å². The summed E-state index contributed by atoms with van der Waals surface area (Å²) in [6, 6.07) is 2.91. The number of rotatable bonds is 5. The van der Waals surface area contributed by atoms with E-state index in [9.17, 15) is 13.2 Å². The molecule has 1 aliphatic heterocycles. The van der Waals surface area contributed by atoms with Gasteiger partial charge in [0.2, 0.25) is 5.91 Å². The fraction of sp³-hybridized carbons (Fsp3) is 0.688. The Balaban J connectivity index is 0.00000225. The predicted molar refractivity (Wildman–Crippen MR) is 102 cm³/mol. The van der Waals surface area contributed by atoms with Crippen molar-refractivity contribution in [3.05, 3.63) is 17.0 Å². The van der Waals surface area contributed by atoms with Crippen molar-refractivity contribution in [1.82, 2.24) is 9.62 Å². The molecule has 1 aromatic heterocycles. The van der Waals surface area contributed by atoms with Crippen LogP contribution in [0.3, 0.4) is 0 Å². The van der Waals surface area contributed by atoms with Crippen molar-refractivity contribution in [3.63, 3.8) is 0 Å². The molecule has 3 rings (SSSR count). The fourth-order valence-electron chi connectivity index (χ4n) is 3.74. The summed E-state index contributed by atoms with van der Waals surface area (Å²) < 4.78 is 27.4. The van der Waals surface area contributed by atoms with Gasteiger partial charge in [0.05, 0.1) is 0 Å². The fourth-order valence-corrected chi connectivity index (χ4v) is 6.81. The average molecular weight is 408 g/mol. The number of thiophene rings is 1. The molecule has 3 atom stereocenters. The van der Waals surface area contributed by atoms with Crippen LogP contribution in [0.5, 0.6) is 0 Å². The lowest BCUT2D eigenvalue weighted by Crippen LogP contribution is -2.50. The summed E-state index contributed by atoms with van der Waals surface area (Å²) in [5, 5.41) is 3.06. The van der Waals surface area contributed by atoms with Gasteiger partial charge in [0.25, 0.3) is 10.0 Å². The molecular formula is C16H26ClN3O3S2. The molecule has 25 heavy (non-hydrogen) atoms. The molecule has 1 saturated carbocycles. The number of nitrogens with two attached hydrogens (primary N) is 1. The van der Waals surface area contributed by atoms with Gasteiger partial charge in [-0.15, -0.1) is 23.7 Å². The minimum absolute atomic E-state index is 0. The molecule has 0 bridgehead atoms. The van der Waals surface area contributed by atoms with Crippen LogP contribution in [0.2, 0.25) is 0 Å². The molecule has 2 heterocycles. The first kappa shape index (κ1) is 20.6. The zero-order valence-electron chi connectivity index (χ0n) is 14.3. The molecule has 0 aromatic carbocycles. The van der Waals surface area contributed by atoms with Gasteiger partial charge in [0, 0.05) is 17.5 Å². The van der Waals surface area contributed by atoms with Crippen LogP contribution in [0.25, 0.3) is 0 Å². The van der Waals surface area contributed by atoms with Crippen LogP contribution in [0, 0.1) is 12.8 Å². The molecule has 6 nitrogen and oxygen atoms in total. The minimum Gasteiger partial charge on any atom is -0.352 e. The first-order chi connectivity index (χ1) is 11.4.